The molecule has 3 atom stereocenters. The summed E-state index contributed by atoms with van der Waals surface area (Å²) in [6.45, 7) is 5.51. The average molecular weight is 382 g/mol. The topological polar surface area (TPSA) is 101 Å². The fourth-order valence-corrected chi connectivity index (χ4v) is 3.40. The number of aliphatic hydroxyl groups is 1. The second-order valence-electron chi connectivity index (χ2n) is 8.35. The molecule has 0 saturated heterocycles. The van der Waals surface area contributed by atoms with E-state index in [1.165, 1.54) is 0 Å². The van der Waals surface area contributed by atoms with Gasteiger partial charge >= 0.3 is 11.9 Å². The van der Waals surface area contributed by atoms with Gasteiger partial charge in [0.15, 0.2) is 0 Å². The molecular weight excluding hydrogens is 348 g/mol. The van der Waals surface area contributed by atoms with Gasteiger partial charge in [-0.05, 0) is 65.2 Å². The Morgan fingerprint density at radius 1 is 1.22 bits per heavy atom. The van der Waals surface area contributed by atoms with Crippen LogP contribution in [0, 0.1) is 11.8 Å². The van der Waals surface area contributed by atoms with E-state index in [2.05, 4.69) is 0 Å². The van der Waals surface area contributed by atoms with Crippen LogP contribution in [0.2, 0.25) is 0 Å². The summed E-state index contributed by atoms with van der Waals surface area (Å²) in [5.41, 5.74) is -0.473. The van der Waals surface area contributed by atoms with Gasteiger partial charge in [0.1, 0.15) is 11.4 Å². The summed E-state index contributed by atoms with van der Waals surface area (Å²) in [5.74, 6) is -0.903. The van der Waals surface area contributed by atoms with Crippen molar-refractivity contribution in [1.29, 1.82) is 0 Å². The monoisotopic (exact) mass is 382 g/mol. The number of Topliss-reactive ketones (excluding diaryl/α,β-unsaturated/α-hetero) is 1. The number of unbranched alkanes of at least 4 members (excludes halogenated alkanes) is 1. The molecular formula is C21H34O6. The zero-order valence-electron chi connectivity index (χ0n) is 16.8. The van der Waals surface area contributed by atoms with E-state index >= 15 is 0 Å². The van der Waals surface area contributed by atoms with Gasteiger partial charge in [0, 0.05) is 25.2 Å². The van der Waals surface area contributed by atoms with Crippen LogP contribution in [0.1, 0.15) is 78.6 Å². The minimum absolute atomic E-state index is 0.0838. The van der Waals surface area contributed by atoms with Crippen molar-refractivity contribution in [3.8, 4) is 0 Å². The van der Waals surface area contributed by atoms with Crippen LogP contribution in [0.4, 0.5) is 0 Å². The van der Waals surface area contributed by atoms with Gasteiger partial charge in [0.25, 0.3) is 0 Å². The molecule has 1 aliphatic carbocycles. The number of aliphatic hydroxyl groups excluding tert-OH is 1. The second kappa shape index (κ2) is 11.2. The van der Waals surface area contributed by atoms with Crippen molar-refractivity contribution < 1.29 is 29.3 Å². The number of carboxylic acids is 1. The number of carbonyl (C=O) groups excluding carboxylic acids is 2. The van der Waals surface area contributed by atoms with E-state index in [1.54, 1.807) is 6.08 Å². The van der Waals surface area contributed by atoms with Crippen LogP contribution in [0.25, 0.3) is 0 Å². The molecule has 0 amide bonds. The van der Waals surface area contributed by atoms with E-state index in [9.17, 15) is 19.5 Å². The molecule has 0 bridgehead atoms. The van der Waals surface area contributed by atoms with Crippen LogP contribution in [0.3, 0.4) is 0 Å². The zero-order chi connectivity index (χ0) is 20.4. The van der Waals surface area contributed by atoms with E-state index in [4.69, 9.17) is 9.84 Å². The normalized spacial score (nSPS) is 21.6. The van der Waals surface area contributed by atoms with Crippen molar-refractivity contribution in [2.24, 2.45) is 11.8 Å². The molecule has 0 aromatic carbocycles. The van der Waals surface area contributed by atoms with Crippen LogP contribution in [-0.4, -0.2) is 39.6 Å². The lowest BCUT2D eigenvalue weighted by Gasteiger charge is -2.19. The number of carboxylic acid groups (broad SMARTS) is 1. The summed E-state index contributed by atoms with van der Waals surface area (Å²) in [6.07, 6.45) is 7.80. The first-order valence-corrected chi connectivity index (χ1v) is 9.91. The number of ketones is 1. The van der Waals surface area contributed by atoms with Crippen molar-refractivity contribution in [2.75, 3.05) is 0 Å². The fourth-order valence-electron chi connectivity index (χ4n) is 3.40. The van der Waals surface area contributed by atoms with Gasteiger partial charge in [-0.3, -0.25) is 14.4 Å². The molecule has 1 aliphatic rings. The van der Waals surface area contributed by atoms with Gasteiger partial charge in [-0.2, -0.15) is 0 Å². The van der Waals surface area contributed by atoms with E-state index in [0.29, 0.717) is 38.5 Å². The average Bonchev–Trinajstić information content (AvgIpc) is 2.88. The molecule has 6 nitrogen and oxygen atoms in total. The van der Waals surface area contributed by atoms with Gasteiger partial charge in [0.2, 0.25) is 0 Å². The highest BCUT2D eigenvalue weighted by Gasteiger charge is 2.32. The van der Waals surface area contributed by atoms with Crippen LogP contribution in [-0.2, 0) is 19.1 Å². The third-order valence-corrected chi connectivity index (χ3v) is 4.69. The van der Waals surface area contributed by atoms with Gasteiger partial charge in [-0.25, -0.2) is 0 Å². The molecule has 0 radical (unpaired) electrons. The Balaban J connectivity index is 2.30. The van der Waals surface area contributed by atoms with Gasteiger partial charge in [-0.15, -0.1) is 0 Å². The van der Waals surface area contributed by atoms with E-state index in [1.807, 2.05) is 26.8 Å². The highest BCUT2D eigenvalue weighted by Crippen LogP contribution is 2.33. The van der Waals surface area contributed by atoms with Crippen molar-refractivity contribution in [1.82, 2.24) is 0 Å². The van der Waals surface area contributed by atoms with Crippen molar-refractivity contribution in [3.63, 3.8) is 0 Å². The van der Waals surface area contributed by atoms with Crippen LogP contribution >= 0.6 is 0 Å². The number of hydrogen-bond donors (Lipinski definition) is 2. The molecule has 0 aromatic heterocycles. The van der Waals surface area contributed by atoms with Crippen LogP contribution < -0.4 is 0 Å². The Kier molecular flexibility index (Phi) is 9.70. The van der Waals surface area contributed by atoms with E-state index < -0.39 is 17.7 Å². The number of esters is 1. The lowest BCUT2D eigenvalue weighted by molar-refractivity contribution is -0.155. The highest BCUT2D eigenvalue weighted by molar-refractivity contribution is 5.83. The molecule has 0 aromatic rings. The molecule has 0 spiro atoms. The second-order valence-corrected chi connectivity index (χ2v) is 8.35. The first-order valence-electron chi connectivity index (χ1n) is 9.91. The molecule has 1 saturated carbocycles. The van der Waals surface area contributed by atoms with Crippen molar-refractivity contribution in [2.45, 2.75) is 90.3 Å². The molecule has 154 valence electrons. The lowest BCUT2D eigenvalue weighted by atomic mass is 9.89. The summed E-state index contributed by atoms with van der Waals surface area (Å²) in [5, 5.41) is 18.8. The lowest BCUT2D eigenvalue weighted by Crippen LogP contribution is -2.23. The smallest absolute Gasteiger partial charge is 0.306 e. The molecule has 1 fully saturated rings. The Labute approximate surface area is 162 Å². The number of ether oxygens (including phenoxy) is 1. The third kappa shape index (κ3) is 10.3. The SMILES string of the molecule is CC(C)(C)OC(=O)CCCCC(O)C=CC1CCC(=O)C1CCCC(=O)O. The Morgan fingerprint density at radius 3 is 2.56 bits per heavy atom. The predicted molar refractivity (Wildman–Crippen MR) is 102 cm³/mol. The summed E-state index contributed by atoms with van der Waals surface area (Å²) in [4.78, 5) is 34.2. The quantitative estimate of drug-likeness (QED) is 0.321. The maximum Gasteiger partial charge on any atom is 0.306 e. The summed E-state index contributed by atoms with van der Waals surface area (Å²) in [6, 6.07) is 0. The summed E-state index contributed by atoms with van der Waals surface area (Å²) >= 11 is 0. The number of hydrogen-bond acceptors (Lipinski definition) is 5. The van der Waals surface area contributed by atoms with Gasteiger partial charge in [-0.1, -0.05) is 12.2 Å². The summed E-state index contributed by atoms with van der Waals surface area (Å²) < 4.78 is 5.24. The Hall–Kier alpha value is -1.69. The van der Waals surface area contributed by atoms with Crippen molar-refractivity contribution >= 4 is 17.7 Å². The molecule has 2 N–H and O–H groups in total. The van der Waals surface area contributed by atoms with E-state index in [0.717, 1.165) is 12.8 Å². The first kappa shape index (κ1) is 23.3. The maximum absolute atomic E-state index is 12.0. The number of allylic oxidation sites excluding steroid dienone is 1. The molecule has 3 unspecified atom stereocenters. The van der Waals surface area contributed by atoms with Crippen LogP contribution in [0.5, 0.6) is 0 Å². The molecule has 6 heteroatoms. The maximum atomic E-state index is 12.0. The molecule has 1 rings (SSSR count). The predicted octanol–water partition coefficient (Wildman–Crippen LogP) is 3.66. The minimum atomic E-state index is -0.839. The van der Waals surface area contributed by atoms with Gasteiger partial charge < -0.3 is 14.9 Å². The molecule has 0 heterocycles. The number of rotatable bonds is 11. The molecule has 27 heavy (non-hydrogen) atoms. The zero-order valence-corrected chi connectivity index (χ0v) is 16.8. The van der Waals surface area contributed by atoms with E-state index in [-0.39, 0.29) is 30.0 Å². The Morgan fingerprint density at radius 2 is 1.93 bits per heavy atom. The molecule has 0 aliphatic heterocycles. The minimum Gasteiger partial charge on any atom is -0.481 e. The third-order valence-electron chi connectivity index (χ3n) is 4.69. The highest BCUT2D eigenvalue weighted by atomic mass is 16.6. The fraction of sp³-hybridized carbons (Fsp3) is 0.762. The van der Waals surface area contributed by atoms with Crippen molar-refractivity contribution in [3.05, 3.63) is 12.2 Å². The van der Waals surface area contributed by atoms with Gasteiger partial charge in [0.05, 0.1) is 6.10 Å². The number of carbonyl (C=O) groups is 3. The van der Waals surface area contributed by atoms with Crippen LogP contribution in [0.15, 0.2) is 12.2 Å². The Bertz CT molecular complexity index is 531. The largest absolute Gasteiger partial charge is 0.481 e. The first-order chi connectivity index (χ1) is 12.6. The number of aliphatic carboxylic acids is 1. The standard InChI is InChI=1S/C21H34O6/c1-21(2,3)27-20(26)10-5-4-7-16(22)13-11-15-12-14-18(23)17(15)8-6-9-19(24)25/h11,13,15-17,22H,4-10,12,14H2,1-3H3,(H,24,25). The summed E-state index contributed by atoms with van der Waals surface area (Å²) in [7, 11) is 0.